The van der Waals surface area contributed by atoms with E-state index in [1.807, 2.05) is 43.6 Å². The first-order valence-corrected chi connectivity index (χ1v) is 10.1. The number of nitrogens with one attached hydrogen (secondary N) is 1. The number of nitrogens with zero attached hydrogens (tertiary/aromatic N) is 3. The van der Waals surface area contributed by atoms with Crippen LogP contribution in [0.25, 0.3) is 5.69 Å². The van der Waals surface area contributed by atoms with Crippen LogP contribution in [-0.4, -0.2) is 26.6 Å². The summed E-state index contributed by atoms with van der Waals surface area (Å²) in [5, 5.41) is 5.23. The van der Waals surface area contributed by atoms with Crippen LogP contribution in [0.2, 0.25) is 10.0 Å². The van der Waals surface area contributed by atoms with E-state index in [0.29, 0.717) is 15.2 Å². The molecule has 0 bridgehead atoms. The Bertz CT molecular complexity index is 1050. The van der Waals surface area contributed by atoms with Crippen molar-refractivity contribution in [2.24, 2.45) is 0 Å². The molecule has 1 aromatic carbocycles. The third kappa shape index (κ3) is 3.08. The fourth-order valence-electron chi connectivity index (χ4n) is 3.97. The zero-order valence-corrected chi connectivity index (χ0v) is 18.1. The molecule has 2 atom stereocenters. The molecule has 3 aromatic rings. The molecule has 144 valence electrons. The molecule has 0 spiro atoms. The fourth-order valence-corrected chi connectivity index (χ4v) is 4.59. The summed E-state index contributed by atoms with van der Waals surface area (Å²) in [5.74, 6) is 0. The van der Waals surface area contributed by atoms with E-state index in [4.69, 9.17) is 35.4 Å². The highest BCUT2D eigenvalue weighted by atomic mass is 35.5. The number of hydrogen-bond acceptors (Lipinski definition) is 2. The zero-order chi connectivity index (χ0) is 20.0. The van der Waals surface area contributed by atoms with Gasteiger partial charge in [0, 0.05) is 24.6 Å². The lowest BCUT2D eigenvalue weighted by molar-refractivity contribution is 0.367. The molecular weight excluding hydrogens is 411 g/mol. The van der Waals surface area contributed by atoms with Crippen molar-refractivity contribution in [3.8, 4) is 5.69 Å². The summed E-state index contributed by atoms with van der Waals surface area (Å²) in [4.78, 5) is 6.65. The SMILES string of the molecule is Cc1cc([C@@H]2[C@H](c3ccccn3)NC(=S)N2C)c(C)n1-c1cccc(Cl)c1Cl. The second kappa shape index (κ2) is 7.39. The van der Waals surface area contributed by atoms with Gasteiger partial charge in [0.05, 0.1) is 33.5 Å². The molecule has 0 amide bonds. The molecule has 2 aromatic heterocycles. The van der Waals surface area contributed by atoms with Gasteiger partial charge in [0.1, 0.15) is 0 Å². The van der Waals surface area contributed by atoms with Crippen LogP contribution in [-0.2, 0) is 0 Å². The van der Waals surface area contributed by atoms with Gasteiger partial charge in [0.2, 0.25) is 0 Å². The molecule has 1 N–H and O–H groups in total. The van der Waals surface area contributed by atoms with E-state index < -0.39 is 0 Å². The Hall–Kier alpha value is -2.08. The normalized spacial score (nSPS) is 19.2. The van der Waals surface area contributed by atoms with Crippen LogP contribution in [0.1, 0.15) is 34.7 Å². The van der Waals surface area contributed by atoms with Gasteiger partial charge in [0.25, 0.3) is 0 Å². The van der Waals surface area contributed by atoms with Crippen LogP contribution >= 0.6 is 35.4 Å². The van der Waals surface area contributed by atoms with Gasteiger partial charge >= 0.3 is 0 Å². The van der Waals surface area contributed by atoms with Gasteiger partial charge < -0.3 is 14.8 Å². The molecule has 28 heavy (non-hydrogen) atoms. The Balaban J connectivity index is 1.85. The standard InChI is InChI=1S/C21H20Cl2N4S/c1-12-11-14(13(2)27(12)17-9-6-7-15(22)18(17)23)20-19(25-21(28)26(20)3)16-8-4-5-10-24-16/h4-11,19-20H,1-3H3,(H,25,28)/t19-,20+/m0/s1. The van der Waals surface area contributed by atoms with Crippen molar-refractivity contribution in [2.45, 2.75) is 25.9 Å². The zero-order valence-electron chi connectivity index (χ0n) is 15.8. The van der Waals surface area contributed by atoms with Crippen molar-refractivity contribution in [2.75, 3.05) is 7.05 Å². The molecule has 3 heterocycles. The Morgan fingerprint density at radius 1 is 1.11 bits per heavy atom. The first kappa shape index (κ1) is 19.2. The van der Waals surface area contributed by atoms with Gasteiger partial charge in [-0.2, -0.15) is 0 Å². The molecule has 1 aliphatic heterocycles. The van der Waals surface area contributed by atoms with Crippen LogP contribution in [0.4, 0.5) is 0 Å². The van der Waals surface area contributed by atoms with E-state index in [2.05, 4.69) is 39.7 Å². The van der Waals surface area contributed by atoms with E-state index >= 15 is 0 Å². The Morgan fingerprint density at radius 3 is 2.61 bits per heavy atom. The van der Waals surface area contributed by atoms with Gasteiger partial charge in [-0.15, -0.1) is 0 Å². The van der Waals surface area contributed by atoms with E-state index in [9.17, 15) is 0 Å². The largest absolute Gasteiger partial charge is 0.352 e. The van der Waals surface area contributed by atoms with Crippen molar-refractivity contribution < 1.29 is 0 Å². The van der Waals surface area contributed by atoms with Crippen LogP contribution < -0.4 is 5.32 Å². The first-order valence-electron chi connectivity index (χ1n) is 8.97. The summed E-state index contributed by atoms with van der Waals surface area (Å²) in [5.41, 5.74) is 5.21. The number of likely N-dealkylation sites (N-methyl/N-ethyl adjacent to an activating group) is 1. The van der Waals surface area contributed by atoms with E-state index in [1.165, 1.54) is 5.56 Å². The minimum atomic E-state index is -0.0255. The Morgan fingerprint density at radius 2 is 1.89 bits per heavy atom. The molecule has 1 saturated heterocycles. The van der Waals surface area contributed by atoms with Crippen molar-refractivity contribution in [1.29, 1.82) is 0 Å². The van der Waals surface area contributed by atoms with E-state index in [0.717, 1.165) is 22.8 Å². The van der Waals surface area contributed by atoms with Crippen LogP contribution in [0.3, 0.4) is 0 Å². The van der Waals surface area contributed by atoms with Crippen LogP contribution in [0.15, 0.2) is 48.7 Å². The summed E-state index contributed by atoms with van der Waals surface area (Å²) < 4.78 is 2.15. The molecule has 0 radical (unpaired) electrons. The molecule has 0 saturated carbocycles. The van der Waals surface area contributed by atoms with Crippen molar-refractivity contribution in [3.63, 3.8) is 0 Å². The summed E-state index contributed by atoms with van der Waals surface area (Å²) in [6.07, 6.45) is 1.81. The monoisotopic (exact) mass is 430 g/mol. The average Bonchev–Trinajstić information content (AvgIpc) is 3.14. The maximum absolute atomic E-state index is 6.51. The maximum Gasteiger partial charge on any atom is 0.169 e. The number of aryl methyl sites for hydroxylation is 1. The highest BCUT2D eigenvalue weighted by Crippen LogP contribution is 2.41. The molecule has 0 unspecified atom stereocenters. The minimum absolute atomic E-state index is 0.0255. The summed E-state index contributed by atoms with van der Waals surface area (Å²) >= 11 is 18.3. The van der Waals surface area contributed by atoms with Crippen LogP contribution in [0.5, 0.6) is 0 Å². The summed E-state index contributed by atoms with van der Waals surface area (Å²) in [6.45, 7) is 4.18. The number of halogens is 2. The van der Waals surface area contributed by atoms with Crippen molar-refractivity contribution in [1.82, 2.24) is 19.8 Å². The lowest BCUT2D eigenvalue weighted by atomic mass is 9.97. The lowest BCUT2D eigenvalue weighted by Crippen LogP contribution is -2.25. The maximum atomic E-state index is 6.51. The number of thiocarbonyl (C=S) groups is 1. The number of hydrogen-bond donors (Lipinski definition) is 1. The quantitative estimate of drug-likeness (QED) is 0.563. The highest BCUT2D eigenvalue weighted by Gasteiger charge is 2.39. The predicted octanol–water partition coefficient (Wildman–Crippen LogP) is 5.40. The summed E-state index contributed by atoms with van der Waals surface area (Å²) in [7, 11) is 2.02. The highest BCUT2D eigenvalue weighted by molar-refractivity contribution is 7.80. The molecule has 1 aliphatic rings. The third-order valence-electron chi connectivity index (χ3n) is 5.30. The number of benzene rings is 1. The van der Waals surface area contributed by atoms with Gasteiger partial charge in [-0.05, 0) is 62.0 Å². The van der Waals surface area contributed by atoms with Gasteiger partial charge in [-0.1, -0.05) is 35.3 Å². The van der Waals surface area contributed by atoms with Crippen molar-refractivity contribution >= 4 is 40.5 Å². The number of pyridine rings is 1. The van der Waals surface area contributed by atoms with E-state index in [1.54, 1.807) is 6.07 Å². The lowest BCUT2D eigenvalue weighted by Gasteiger charge is -2.24. The van der Waals surface area contributed by atoms with Gasteiger partial charge in [-0.25, -0.2) is 0 Å². The Kier molecular flexibility index (Phi) is 5.08. The second-order valence-corrected chi connectivity index (χ2v) is 8.14. The van der Waals surface area contributed by atoms with Crippen molar-refractivity contribution in [3.05, 3.63) is 81.4 Å². The van der Waals surface area contributed by atoms with Gasteiger partial charge in [-0.3, -0.25) is 4.98 Å². The minimum Gasteiger partial charge on any atom is -0.352 e. The third-order valence-corrected chi connectivity index (χ3v) is 6.51. The van der Waals surface area contributed by atoms with Gasteiger partial charge in [0.15, 0.2) is 5.11 Å². The Labute approximate surface area is 180 Å². The number of aromatic nitrogens is 2. The molecule has 4 rings (SSSR count). The topological polar surface area (TPSA) is 33.1 Å². The molecule has 1 fully saturated rings. The fraction of sp³-hybridized carbons (Fsp3) is 0.238. The molecule has 4 nitrogen and oxygen atoms in total. The first-order chi connectivity index (χ1) is 13.4. The average molecular weight is 431 g/mol. The molecule has 0 aliphatic carbocycles. The molecule has 7 heteroatoms. The second-order valence-electron chi connectivity index (χ2n) is 6.97. The smallest absolute Gasteiger partial charge is 0.169 e. The van der Waals surface area contributed by atoms with Crippen LogP contribution in [0, 0.1) is 13.8 Å². The number of rotatable bonds is 3. The summed E-state index contributed by atoms with van der Waals surface area (Å²) in [6, 6.07) is 13.8. The van der Waals surface area contributed by atoms with E-state index in [-0.39, 0.29) is 12.1 Å². The molecular formula is C21H20Cl2N4S. The predicted molar refractivity (Wildman–Crippen MR) is 118 cm³/mol.